The van der Waals surface area contributed by atoms with Crippen LogP contribution in [-0.4, -0.2) is 24.8 Å². The Morgan fingerprint density at radius 2 is 1.96 bits per heavy atom. The van der Waals surface area contributed by atoms with E-state index in [0.717, 1.165) is 11.3 Å². The van der Waals surface area contributed by atoms with Crippen molar-refractivity contribution in [3.8, 4) is 11.5 Å². The molecule has 0 radical (unpaired) electrons. The highest BCUT2D eigenvalue weighted by atomic mass is 19.3. The first kappa shape index (κ1) is 14.4. The molecule has 8 heteroatoms. The fraction of sp³-hybridized carbons (Fsp3) is 0.125. The summed E-state index contributed by atoms with van der Waals surface area (Å²) in [6.07, 6.45) is 0.992. The standard InChI is InChI=1S/C16H11F2N5O/c17-14(18)16-21-20-15(24-16)11-8-19-13-7-12(22-23(13)9-11)6-10-4-2-1-3-5-10/h1-5,7-9,14H,6H2. The number of alkyl halides is 2. The minimum atomic E-state index is -2.80. The highest BCUT2D eigenvalue weighted by Crippen LogP contribution is 2.23. The van der Waals surface area contributed by atoms with Crippen LogP contribution in [0.4, 0.5) is 8.78 Å². The zero-order valence-corrected chi connectivity index (χ0v) is 12.3. The molecule has 0 spiro atoms. The van der Waals surface area contributed by atoms with Gasteiger partial charge in [0.05, 0.1) is 11.3 Å². The third-order valence-electron chi connectivity index (χ3n) is 3.47. The molecule has 0 amide bonds. The Kier molecular flexibility index (Phi) is 3.49. The van der Waals surface area contributed by atoms with E-state index in [1.807, 2.05) is 36.4 Å². The summed E-state index contributed by atoms with van der Waals surface area (Å²) in [5.41, 5.74) is 3.07. The van der Waals surface area contributed by atoms with Crippen molar-refractivity contribution in [3.05, 3.63) is 65.9 Å². The maximum Gasteiger partial charge on any atom is 0.314 e. The Labute approximate surface area is 134 Å². The minimum absolute atomic E-state index is 0.0141. The van der Waals surface area contributed by atoms with Crippen LogP contribution in [0.15, 0.2) is 53.2 Å². The van der Waals surface area contributed by atoms with E-state index in [9.17, 15) is 8.78 Å². The molecule has 4 rings (SSSR count). The summed E-state index contributed by atoms with van der Waals surface area (Å²) in [5, 5.41) is 11.4. The topological polar surface area (TPSA) is 69.1 Å². The number of hydrogen-bond donors (Lipinski definition) is 0. The number of aromatic nitrogens is 5. The normalized spacial score (nSPS) is 11.5. The third kappa shape index (κ3) is 2.73. The van der Waals surface area contributed by atoms with Crippen LogP contribution in [0.25, 0.3) is 17.1 Å². The van der Waals surface area contributed by atoms with Crippen molar-refractivity contribution >= 4 is 5.65 Å². The number of benzene rings is 1. The molecule has 0 saturated carbocycles. The van der Waals surface area contributed by atoms with Crippen molar-refractivity contribution in [3.63, 3.8) is 0 Å². The first-order chi connectivity index (χ1) is 11.7. The summed E-state index contributed by atoms with van der Waals surface area (Å²) < 4.78 is 31.6. The molecular weight excluding hydrogens is 316 g/mol. The van der Waals surface area contributed by atoms with Gasteiger partial charge in [-0.2, -0.15) is 13.9 Å². The molecule has 0 unspecified atom stereocenters. The Morgan fingerprint density at radius 1 is 1.12 bits per heavy atom. The van der Waals surface area contributed by atoms with Crippen molar-refractivity contribution < 1.29 is 13.2 Å². The van der Waals surface area contributed by atoms with Crippen molar-refractivity contribution in [2.75, 3.05) is 0 Å². The first-order valence-electron chi connectivity index (χ1n) is 7.19. The quantitative estimate of drug-likeness (QED) is 0.575. The summed E-state index contributed by atoms with van der Waals surface area (Å²) in [6, 6.07) is 11.8. The lowest BCUT2D eigenvalue weighted by molar-refractivity contribution is 0.116. The summed E-state index contributed by atoms with van der Waals surface area (Å²) in [6.45, 7) is 0. The van der Waals surface area contributed by atoms with Crippen LogP contribution < -0.4 is 0 Å². The van der Waals surface area contributed by atoms with E-state index < -0.39 is 12.3 Å². The second kappa shape index (κ2) is 5.80. The van der Waals surface area contributed by atoms with Crippen molar-refractivity contribution in [2.45, 2.75) is 12.8 Å². The molecule has 0 aliphatic rings. The maximum atomic E-state index is 12.5. The molecule has 0 saturated heterocycles. The molecule has 6 nitrogen and oxygen atoms in total. The molecule has 0 aliphatic heterocycles. The van der Waals surface area contributed by atoms with Gasteiger partial charge in [-0.3, -0.25) is 0 Å². The molecule has 24 heavy (non-hydrogen) atoms. The van der Waals surface area contributed by atoms with Crippen molar-refractivity contribution in [2.24, 2.45) is 0 Å². The van der Waals surface area contributed by atoms with Crippen LogP contribution in [0.5, 0.6) is 0 Å². The molecule has 0 bridgehead atoms. The van der Waals surface area contributed by atoms with Gasteiger partial charge in [-0.1, -0.05) is 30.3 Å². The van der Waals surface area contributed by atoms with Gasteiger partial charge >= 0.3 is 6.43 Å². The van der Waals surface area contributed by atoms with E-state index in [0.29, 0.717) is 17.6 Å². The molecule has 1 aromatic carbocycles. The van der Waals surface area contributed by atoms with Gasteiger partial charge in [-0.25, -0.2) is 9.50 Å². The van der Waals surface area contributed by atoms with Gasteiger partial charge in [-0.15, -0.1) is 10.2 Å². The highest BCUT2D eigenvalue weighted by molar-refractivity contribution is 5.53. The zero-order valence-electron chi connectivity index (χ0n) is 12.3. The van der Waals surface area contributed by atoms with E-state index in [4.69, 9.17) is 4.42 Å². The molecular formula is C16H11F2N5O. The third-order valence-corrected chi connectivity index (χ3v) is 3.47. The summed E-state index contributed by atoms with van der Waals surface area (Å²) in [5.74, 6) is -0.727. The second-order valence-corrected chi connectivity index (χ2v) is 5.19. The fourth-order valence-electron chi connectivity index (χ4n) is 2.37. The first-order valence-corrected chi connectivity index (χ1v) is 7.19. The number of fused-ring (bicyclic) bond motifs is 1. The number of rotatable bonds is 4. The van der Waals surface area contributed by atoms with Gasteiger partial charge < -0.3 is 4.42 Å². The van der Waals surface area contributed by atoms with E-state index in [1.54, 1.807) is 10.7 Å². The van der Waals surface area contributed by atoms with Crippen LogP contribution in [0.1, 0.15) is 23.6 Å². The monoisotopic (exact) mass is 327 g/mol. The average Bonchev–Trinajstić information content (AvgIpc) is 3.21. The Bertz CT molecular complexity index is 980. The van der Waals surface area contributed by atoms with Gasteiger partial charge in [-0.05, 0) is 5.56 Å². The number of halogens is 2. The van der Waals surface area contributed by atoms with Crippen LogP contribution in [0.3, 0.4) is 0 Å². The maximum absolute atomic E-state index is 12.5. The van der Waals surface area contributed by atoms with Gasteiger partial charge in [0.1, 0.15) is 0 Å². The molecule has 3 heterocycles. The van der Waals surface area contributed by atoms with Gasteiger partial charge in [0.25, 0.3) is 11.8 Å². The molecule has 0 N–H and O–H groups in total. The highest BCUT2D eigenvalue weighted by Gasteiger charge is 2.17. The predicted molar refractivity (Wildman–Crippen MR) is 80.5 cm³/mol. The molecule has 0 atom stereocenters. The lowest BCUT2D eigenvalue weighted by Gasteiger charge is -1.96. The van der Waals surface area contributed by atoms with Gasteiger partial charge in [0.2, 0.25) is 0 Å². The largest absolute Gasteiger partial charge is 0.415 e. The second-order valence-electron chi connectivity index (χ2n) is 5.19. The van der Waals surface area contributed by atoms with Crippen molar-refractivity contribution in [1.82, 2.24) is 24.8 Å². The molecule has 0 aliphatic carbocycles. The lowest BCUT2D eigenvalue weighted by atomic mass is 10.1. The van der Waals surface area contributed by atoms with Crippen LogP contribution in [0.2, 0.25) is 0 Å². The zero-order chi connectivity index (χ0) is 16.5. The number of hydrogen-bond acceptors (Lipinski definition) is 5. The Morgan fingerprint density at radius 3 is 2.71 bits per heavy atom. The Hall–Kier alpha value is -3.16. The number of nitrogens with zero attached hydrogens (tertiary/aromatic N) is 5. The molecule has 4 aromatic rings. The molecule has 3 aromatic heterocycles. The summed E-state index contributed by atoms with van der Waals surface area (Å²) >= 11 is 0. The lowest BCUT2D eigenvalue weighted by Crippen LogP contribution is -1.93. The van der Waals surface area contributed by atoms with E-state index in [1.165, 1.54) is 6.20 Å². The van der Waals surface area contributed by atoms with Crippen LogP contribution in [0, 0.1) is 0 Å². The smallest absolute Gasteiger partial charge is 0.314 e. The minimum Gasteiger partial charge on any atom is -0.415 e. The van der Waals surface area contributed by atoms with Crippen LogP contribution >= 0.6 is 0 Å². The SMILES string of the molecule is FC(F)c1nnc(-c2cnc3cc(Cc4ccccc4)nn3c2)o1. The molecule has 0 fully saturated rings. The molecule has 120 valence electrons. The van der Waals surface area contributed by atoms with Crippen molar-refractivity contribution in [1.29, 1.82) is 0 Å². The summed E-state index contributed by atoms with van der Waals surface area (Å²) in [7, 11) is 0. The van der Waals surface area contributed by atoms with Gasteiger partial charge in [0.15, 0.2) is 5.65 Å². The van der Waals surface area contributed by atoms with Crippen LogP contribution in [-0.2, 0) is 6.42 Å². The Balaban J connectivity index is 1.65. The fourth-order valence-corrected chi connectivity index (χ4v) is 2.37. The average molecular weight is 327 g/mol. The van der Waals surface area contributed by atoms with E-state index >= 15 is 0 Å². The summed E-state index contributed by atoms with van der Waals surface area (Å²) in [4.78, 5) is 4.26. The predicted octanol–water partition coefficient (Wildman–Crippen LogP) is 3.31. The van der Waals surface area contributed by atoms with E-state index in [-0.39, 0.29) is 5.89 Å². The van der Waals surface area contributed by atoms with E-state index in [2.05, 4.69) is 20.3 Å². The van der Waals surface area contributed by atoms with Gasteiger partial charge in [0, 0.05) is 24.9 Å².